The third kappa shape index (κ3) is 11.9. The standard InChI is InChI=1S/C26H46O6S/c1-4-5-6-10-19(2)23(29)14-9-13-22-21(24(30)18-25(22)33-16-15-27)12-8-7-11-20(28)17-26(31)32-3/h19,21-23,25,27,29H,4-18H2,1-3H3/t19?,21-,22-,23?,25?/m1/s1. The Kier molecular flexibility index (Phi) is 16.0. The van der Waals surface area contributed by atoms with Gasteiger partial charge in [-0.05, 0) is 43.9 Å². The third-order valence-corrected chi connectivity index (χ3v) is 8.34. The van der Waals surface area contributed by atoms with Gasteiger partial charge in [-0.2, -0.15) is 11.8 Å². The van der Waals surface area contributed by atoms with Crippen molar-refractivity contribution in [2.75, 3.05) is 19.5 Å². The van der Waals surface area contributed by atoms with Crippen molar-refractivity contribution >= 4 is 29.3 Å². The first-order chi connectivity index (χ1) is 15.8. The quantitative estimate of drug-likeness (QED) is 0.155. The van der Waals surface area contributed by atoms with E-state index in [1.54, 1.807) is 11.8 Å². The molecule has 5 atom stereocenters. The van der Waals surface area contributed by atoms with Crippen LogP contribution in [0.5, 0.6) is 0 Å². The van der Waals surface area contributed by atoms with Gasteiger partial charge in [-0.1, -0.05) is 46.0 Å². The minimum absolute atomic E-state index is 0.00368. The second-order valence-electron chi connectivity index (χ2n) is 9.58. The molecule has 1 aliphatic rings. The van der Waals surface area contributed by atoms with E-state index in [1.165, 1.54) is 20.0 Å². The van der Waals surface area contributed by atoms with Gasteiger partial charge < -0.3 is 14.9 Å². The van der Waals surface area contributed by atoms with E-state index >= 15 is 0 Å². The smallest absolute Gasteiger partial charge is 0.313 e. The number of carbonyl (C=O) groups excluding carboxylic acids is 3. The number of ketones is 2. The van der Waals surface area contributed by atoms with E-state index in [9.17, 15) is 24.6 Å². The molecule has 2 N–H and O–H groups in total. The lowest BCUT2D eigenvalue weighted by Crippen LogP contribution is -2.22. The number of rotatable bonds is 19. The van der Waals surface area contributed by atoms with Crippen molar-refractivity contribution in [2.24, 2.45) is 17.8 Å². The third-order valence-electron chi connectivity index (χ3n) is 6.98. The molecule has 3 unspecified atom stereocenters. The van der Waals surface area contributed by atoms with Crippen molar-refractivity contribution in [3.8, 4) is 0 Å². The number of hydrogen-bond donors (Lipinski definition) is 2. The van der Waals surface area contributed by atoms with E-state index in [2.05, 4.69) is 18.6 Å². The number of thioether (sulfide) groups is 1. The largest absolute Gasteiger partial charge is 0.469 e. The van der Waals surface area contributed by atoms with Gasteiger partial charge in [0.15, 0.2) is 0 Å². The summed E-state index contributed by atoms with van der Waals surface area (Å²) in [6.07, 6.45) is 9.85. The molecule has 0 amide bonds. The van der Waals surface area contributed by atoms with E-state index in [-0.39, 0.29) is 42.0 Å². The van der Waals surface area contributed by atoms with Crippen molar-refractivity contribution in [2.45, 2.75) is 109 Å². The number of aliphatic hydroxyl groups is 2. The van der Waals surface area contributed by atoms with E-state index in [1.807, 2.05) is 0 Å². The fraction of sp³-hybridized carbons (Fsp3) is 0.885. The van der Waals surface area contributed by atoms with Gasteiger partial charge in [0.05, 0.1) is 19.8 Å². The highest BCUT2D eigenvalue weighted by atomic mass is 32.2. The number of methoxy groups -OCH3 is 1. The van der Waals surface area contributed by atoms with Crippen LogP contribution in [0.15, 0.2) is 0 Å². The molecule has 0 aromatic rings. The van der Waals surface area contributed by atoms with E-state index in [4.69, 9.17) is 0 Å². The number of ether oxygens (including phenoxy) is 1. The molecule has 1 saturated carbocycles. The molecule has 33 heavy (non-hydrogen) atoms. The van der Waals surface area contributed by atoms with Gasteiger partial charge in [-0.3, -0.25) is 14.4 Å². The summed E-state index contributed by atoms with van der Waals surface area (Å²) >= 11 is 1.69. The minimum Gasteiger partial charge on any atom is -0.469 e. The van der Waals surface area contributed by atoms with Gasteiger partial charge in [-0.25, -0.2) is 0 Å². The molecule has 0 spiro atoms. The van der Waals surface area contributed by atoms with E-state index in [0.29, 0.717) is 36.7 Å². The summed E-state index contributed by atoms with van der Waals surface area (Å²) in [5.74, 6) is 0.884. The lowest BCUT2D eigenvalue weighted by Gasteiger charge is -2.25. The van der Waals surface area contributed by atoms with Crippen LogP contribution in [-0.4, -0.2) is 58.6 Å². The number of unbranched alkanes of at least 4 members (excludes halogenated alkanes) is 3. The number of esters is 1. The number of hydrogen-bond acceptors (Lipinski definition) is 7. The molecule has 192 valence electrons. The van der Waals surface area contributed by atoms with Crippen molar-refractivity contribution in [1.82, 2.24) is 0 Å². The number of aliphatic hydroxyl groups excluding tert-OH is 2. The SMILES string of the molecule is CCCCCC(C)C(O)CCC[C@H]1C(SCCO)CC(=O)[C@@H]1CCCCC(=O)CC(=O)OC. The average molecular weight is 487 g/mol. The van der Waals surface area contributed by atoms with Gasteiger partial charge >= 0.3 is 5.97 Å². The molecule has 1 rings (SSSR count). The highest BCUT2D eigenvalue weighted by Gasteiger charge is 2.41. The Labute approximate surface area is 204 Å². The van der Waals surface area contributed by atoms with Gasteiger partial charge in [-0.15, -0.1) is 0 Å². The Morgan fingerprint density at radius 1 is 1.12 bits per heavy atom. The van der Waals surface area contributed by atoms with Gasteiger partial charge in [0, 0.05) is 29.8 Å². The van der Waals surface area contributed by atoms with Gasteiger partial charge in [0.1, 0.15) is 18.0 Å². The zero-order valence-electron chi connectivity index (χ0n) is 20.9. The molecule has 1 fully saturated rings. The first-order valence-electron chi connectivity index (χ1n) is 12.9. The monoisotopic (exact) mass is 486 g/mol. The van der Waals surface area contributed by atoms with Crippen LogP contribution in [0, 0.1) is 17.8 Å². The predicted octanol–water partition coefficient (Wildman–Crippen LogP) is 4.73. The Balaban J connectivity index is 2.52. The van der Waals surface area contributed by atoms with E-state index in [0.717, 1.165) is 44.9 Å². The van der Waals surface area contributed by atoms with Crippen LogP contribution in [0.1, 0.15) is 97.3 Å². The highest BCUT2D eigenvalue weighted by Crippen LogP contribution is 2.42. The fourth-order valence-electron chi connectivity index (χ4n) is 4.91. The Morgan fingerprint density at radius 2 is 1.88 bits per heavy atom. The molecular formula is C26H46O6S. The van der Waals surface area contributed by atoms with E-state index < -0.39 is 5.97 Å². The lowest BCUT2D eigenvalue weighted by molar-refractivity contribution is -0.143. The second kappa shape index (κ2) is 17.5. The van der Waals surface area contributed by atoms with Crippen LogP contribution in [-0.2, 0) is 19.1 Å². The fourth-order valence-corrected chi connectivity index (χ4v) is 6.17. The number of carbonyl (C=O) groups is 3. The Bertz CT molecular complexity index is 581. The first kappa shape index (κ1) is 30.1. The summed E-state index contributed by atoms with van der Waals surface area (Å²) in [5.41, 5.74) is 0. The summed E-state index contributed by atoms with van der Waals surface area (Å²) in [7, 11) is 1.28. The molecule has 7 heteroatoms. The summed E-state index contributed by atoms with van der Waals surface area (Å²) in [6.45, 7) is 4.43. The molecule has 0 bridgehead atoms. The molecular weight excluding hydrogens is 440 g/mol. The molecule has 0 aliphatic heterocycles. The van der Waals surface area contributed by atoms with Crippen LogP contribution < -0.4 is 0 Å². The normalized spacial score (nSPS) is 22.3. The van der Waals surface area contributed by atoms with Crippen LogP contribution in [0.3, 0.4) is 0 Å². The minimum atomic E-state index is -0.503. The Morgan fingerprint density at radius 3 is 2.55 bits per heavy atom. The second-order valence-corrected chi connectivity index (χ2v) is 10.9. The van der Waals surface area contributed by atoms with Crippen LogP contribution >= 0.6 is 11.8 Å². The molecule has 1 aliphatic carbocycles. The molecule has 0 heterocycles. The predicted molar refractivity (Wildman–Crippen MR) is 133 cm³/mol. The molecule has 6 nitrogen and oxygen atoms in total. The summed E-state index contributed by atoms with van der Waals surface area (Å²) in [4.78, 5) is 35.8. The maximum Gasteiger partial charge on any atom is 0.313 e. The van der Waals surface area contributed by atoms with Crippen LogP contribution in [0.2, 0.25) is 0 Å². The zero-order chi connectivity index (χ0) is 24.6. The van der Waals surface area contributed by atoms with Gasteiger partial charge in [0.25, 0.3) is 0 Å². The van der Waals surface area contributed by atoms with Gasteiger partial charge in [0.2, 0.25) is 0 Å². The summed E-state index contributed by atoms with van der Waals surface area (Å²) in [6, 6.07) is 0. The topological polar surface area (TPSA) is 101 Å². The molecule has 0 radical (unpaired) electrons. The average Bonchev–Trinajstić information content (AvgIpc) is 3.09. The van der Waals surface area contributed by atoms with Crippen molar-refractivity contribution in [1.29, 1.82) is 0 Å². The maximum absolute atomic E-state index is 12.8. The maximum atomic E-state index is 12.8. The summed E-state index contributed by atoms with van der Waals surface area (Å²) in [5, 5.41) is 20.0. The van der Waals surface area contributed by atoms with Crippen molar-refractivity contribution in [3.63, 3.8) is 0 Å². The number of Topliss-reactive ketones (excluding diaryl/α,β-unsaturated/α-hetero) is 2. The van der Waals surface area contributed by atoms with Crippen LogP contribution in [0.4, 0.5) is 0 Å². The zero-order valence-corrected chi connectivity index (χ0v) is 21.7. The van der Waals surface area contributed by atoms with Crippen molar-refractivity contribution in [3.05, 3.63) is 0 Å². The molecule has 0 saturated heterocycles. The molecule has 0 aromatic carbocycles. The summed E-state index contributed by atoms with van der Waals surface area (Å²) < 4.78 is 4.53. The van der Waals surface area contributed by atoms with Crippen molar-refractivity contribution < 1.29 is 29.3 Å². The lowest BCUT2D eigenvalue weighted by atomic mass is 9.85. The first-order valence-corrected chi connectivity index (χ1v) is 13.9. The Hall–Kier alpha value is -0.920. The van der Waals surface area contributed by atoms with Crippen LogP contribution in [0.25, 0.3) is 0 Å². The highest BCUT2D eigenvalue weighted by molar-refractivity contribution is 8.00. The molecule has 0 aromatic heterocycles.